The average molecular weight is 237 g/mol. The smallest absolute Gasteiger partial charge is 0.330 e. The summed E-state index contributed by atoms with van der Waals surface area (Å²) >= 11 is 0. The van der Waals surface area contributed by atoms with E-state index in [9.17, 15) is 18.4 Å². The molecule has 1 atom stereocenters. The van der Waals surface area contributed by atoms with Crippen LogP contribution in [0.1, 0.15) is 19.3 Å². The van der Waals surface area contributed by atoms with Crippen molar-refractivity contribution in [1.82, 2.24) is 0 Å². The first kappa shape index (κ1) is 14.5. The number of halogens is 2. The molecule has 5 nitrogen and oxygen atoms in total. The highest BCUT2D eigenvalue weighted by molar-refractivity contribution is 5.79. The summed E-state index contributed by atoms with van der Waals surface area (Å²) in [5.74, 6) is -2.95. The second kappa shape index (κ2) is 5.55. The summed E-state index contributed by atoms with van der Waals surface area (Å²) in [4.78, 5) is 20.8. The molecule has 0 bridgehead atoms. The molecule has 0 aliphatic heterocycles. The van der Waals surface area contributed by atoms with Crippen LogP contribution in [0.15, 0.2) is 12.2 Å². The maximum Gasteiger partial charge on any atom is 0.330 e. The van der Waals surface area contributed by atoms with Gasteiger partial charge >= 0.3 is 11.9 Å². The van der Waals surface area contributed by atoms with Gasteiger partial charge in [0.05, 0.1) is 0 Å². The molecule has 1 unspecified atom stereocenters. The number of hydrogen-bond donors (Lipinski definition) is 3. The van der Waals surface area contributed by atoms with Crippen LogP contribution in [0, 0.1) is 0 Å². The molecule has 0 aliphatic carbocycles. The fourth-order valence-corrected chi connectivity index (χ4v) is 1.03. The van der Waals surface area contributed by atoms with Gasteiger partial charge in [0.1, 0.15) is 0 Å². The van der Waals surface area contributed by atoms with Crippen molar-refractivity contribution < 1.29 is 28.6 Å². The van der Waals surface area contributed by atoms with Crippen LogP contribution in [0.25, 0.3) is 0 Å². The molecule has 0 aromatic rings. The number of carboxylic acid groups (broad SMARTS) is 2. The van der Waals surface area contributed by atoms with Crippen molar-refractivity contribution in [3.05, 3.63) is 12.2 Å². The Bertz CT molecular complexity index is 306. The molecule has 0 rings (SSSR count). The molecule has 0 saturated carbocycles. The number of nitrogens with two attached hydrogens (primary N) is 1. The number of carbonyl (C=O) groups is 2. The number of aliphatic carboxylic acids is 2. The van der Waals surface area contributed by atoms with E-state index in [4.69, 9.17) is 15.9 Å². The summed E-state index contributed by atoms with van der Waals surface area (Å²) in [7, 11) is 0. The minimum atomic E-state index is -3.24. The first-order valence-electron chi connectivity index (χ1n) is 4.39. The fraction of sp³-hybridized carbons (Fsp3) is 0.556. The van der Waals surface area contributed by atoms with E-state index in [-0.39, 0.29) is 18.4 Å². The molecule has 4 N–H and O–H groups in total. The van der Waals surface area contributed by atoms with E-state index >= 15 is 0 Å². The van der Waals surface area contributed by atoms with Crippen molar-refractivity contribution in [2.24, 2.45) is 5.73 Å². The molecule has 0 spiro atoms. The van der Waals surface area contributed by atoms with Crippen molar-refractivity contribution >= 4 is 11.9 Å². The van der Waals surface area contributed by atoms with Gasteiger partial charge in [-0.1, -0.05) is 12.2 Å². The van der Waals surface area contributed by atoms with E-state index in [0.29, 0.717) is 0 Å². The fourth-order valence-electron chi connectivity index (χ4n) is 1.03. The highest BCUT2D eigenvalue weighted by atomic mass is 19.3. The maximum atomic E-state index is 12.4. The Balaban J connectivity index is 4.48. The van der Waals surface area contributed by atoms with Crippen LogP contribution in [-0.4, -0.2) is 34.1 Å². The number of carboxylic acids is 2. The highest BCUT2D eigenvalue weighted by Crippen LogP contribution is 2.23. The predicted molar refractivity (Wildman–Crippen MR) is 51.2 cm³/mol. The molecule has 7 heteroatoms. The SMILES string of the molecule is C=C(CCC(=O)O)CC(N)(C(=O)O)C(F)F. The van der Waals surface area contributed by atoms with Crippen molar-refractivity contribution in [3.63, 3.8) is 0 Å². The van der Waals surface area contributed by atoms with Gasteiger partial charge in [-0.3, -0.25) is 4.79 Å². The Morgan fingerprint density at radius 2 is 1.81 bits per heavy atom. The lowest BCUT2D eigenvalue weighted by Gasteiger charge is -2.24. The van der Waals surface area contributed by atoms with Gasteiger partial charge in [0.15, 0.2) is 5.54 Å². The van der Waals surface area contributed by atoms with Gasteiger partial charge in [0, 0.05) is 12.8 Å². The molecule has 0 saturated heterocycles. The van der Waals surface area contributed by atoms with Crippen molar-refractivity contribution in [2.75, 3.05) is 0 Å². The van der Waals surface area contributed by atoms with E-state index in [2.05, 4.69) is 6.58 Å². The number of hydrogen-bond acceptors (Lipinski definition) is 3. The van der Waals surface area contributed by atoms with Crippen LogP contribution in [0.2, 0.25) is 0 Å². The molecule has 0 aliphatic rings. The van der Waals surface area contributed by atoms with Crippen molar-refractivity contribution in [1.29, 1.82) is 0 Å². The van der Waals surface area contributed by atoms with Gasteiger partial charge < -0.3 is 15.9 Å². The minimum Gasteiger partial charge on any atom is -0.481 e. The van der Waals surface area contributed by atoms with Gasteiger partial charge in [0.25, 0.3) is 6.43 Å². The first-order valence-corrected chi connectivity index (χ1v) is 4.39. The predicted octanol–water partition coefficient (Wildman–Crippen LogP) is 0.845. The Morgan fingerprint density at radius 1 is 1.31 bits per heavy atom. The molecule has 0 aromatic carbocycles. The van der Waals surface area contributed by atoms with Crippen molar-refractivity contribution in [2.45, 2.75) is 31.2 Å². The summed E-state index contributed by atoms with van der Waals surface area (Å²) in [6.45, 7) is 3.34. The van der Waals surface area contributed by atoms with Crippen molar-refractivity contribution in [3.8, 4) is 0 Å². The van der Waals surface area contributed by atoms with Crippen LogP contribution in [-0.2, 0) is 9.59 Å². The topological polar surface area (TPSA) is 101 Å². The third kappa shape index (κ3) is 3.93. The Labute approximate surface area is 90.6 Å². The number of rotatable bonds is 7. The zero-order valence-corrected chi connectivity index (χ0v) is 8.45. The third-order valence-corrected chi connectivity index (χ3v) is 2.02. The molecule has 16 heavy (non-hydrogen) atoms. The van der Waals surface area contributed by atoms with E-state index in [1.54, 1.807) is 0 Å². The van der Waals surface area contributed by atoms with Crippen LogP contribution >= 0.6 is 0 Å². The normalized spacial score (nSPS) is 14.5. The summed E-state index contributed by atoms with van der Waals surface area (Å²) in [6.07, 6.45) is -4.26. The second-order valence-corrected chi connectivity index (χ2v) is 3.47. The largest absolute Gasteiger partial charge is 0.481 e. The molecule has 0 fully saturated rings. The average Bonchev–Trinajstić information content (AvgIpc) is 2.13. The third-order valence-electron chi connectivity index (χ3n) is 2.02. The summed E-state index contributed by atoms with van der Waals surface area (Å²) in [5, 5.41) is 16.9. The quantitative estimate of drug-likeness (QED) is 0.570. The monoisotopic (exact) mass is 237 g/mol. The Morgan fingerprint density at radius 3 is 2.12 bits per heavy atom. The lowest BCUT2D eigenvalue weighted by atomic mass is 9.91. The Hall–Kier alpha value is -1.50. The van der Waals surface area contributed by atoms with Gasteiger partial charge in [-0.2, -0.15) is 0 Å². The molecule has 0 heterocycles. The molecular formula is C9H13F2NO4. The number of alkyl halides is 2. The molecule has 92 valence electrons. The standard InChI is InChI=1S/C9H13F2NO4/c1-5(2-3-6(13)14)4-9(12,7(10)11)8(15)16/h7H,1-4,12H2,(H,13,14)(H,15,16). The zero-order valence-electron chi connectivity index (χ0n) is 8.45. The lowest BCUT2D eigenvalue weighted by Crippen LogP contribution is -2.54. The zero-order chi connectivity index (χ0) is 12.9. The van der Waals surface area contributed by atoms with Crippen LogP contribution in [0.3, 0.4) is 0 Å². The Kier molecular flexibility index (Phi) is 5.03. The highest BCUT2D eigenvalue weighted by Gasteiger charge is 2.44. The van der Waals surface area contributed by atoms with Crippen LogP contribution in [0.4, 0.5) is 8.78 Å². The second-order valence-electron chi connectivity index (χ2n) is 3.47. The molecule has 0 amide bonds. The van der Waals surface area contributed by atoms with E-state index in [0.717, 1.165) is 0 Å². The first-order chi connectivity index (χ1) is 7.20. The molecule has 0 aromatic heterocycles. The summed E-state index contributed by atoms with van der Waals surface area (Å²) in [6, 6.07) is 0. The van der Waals surface area contributed by atoms with Gasteiger partial charge in [-0.15, -0.1) is 0 Å². The molecular weight excluding hydrogens is 224 g/mol. The van der Waals surface area contributed by atoms with E-state index in [1.807, 2.05) is 0 Å². The van der Waals surface area contributed by atoms with E-state index < -0.39 is 30.3 Å². The van der Waals surface area contributed by atoms with Crippen LogP contribution < -0.4 is 5.73 Å². The van der Waals surface area contributed by atoms with Gasteiger partial charge in [-0.25, -0.2) is 13.6 Å². The minimum absolute atomic E-state index is 0.0751. The van der Waals surface area contributed by atoms with Gasteiger partial charge in [-0.05, 0) is 6.42 Å². The summed E-state index contributed by atoms with van der Waals surface area (Å²) < 4.78 is 24.9. The van der Waals surface area contributed by atoms with Gasteiger partial charge in [0.2, 0.25) is 0 Å². The molecule has 0 radical (unpaired) electrons. The lowest BCUT2D eigenvalue weighted by molar-refractivity contribution is -0.149. The van der Waals surface area contributed by atoms with Crippen LogP contribution in [0.5, 0.6) is 0 Å². The van der Waals surface area contributed by atoms with E-state index in [1.165, 1.54) is 0 Å². The summed E-state index contributed by atoms with van der Waals surface area (Å²) in [5.41, 5.74) is 2.41. The maximum absolute atomic E-state index is 12.4.